The van der Waals surface area contributed by atoms with Gasteiger partial charge in [-0.2, -0.15) is 0 Å². The van der Waals surface area contributed by atoms with Crippen molar-refractivity contribution in [3.63, 3.8) is 0 Å². The maximum Gasteiger partial charge on any atom is 0.309 e. The van der Waals surface area contributed by atoms with Crippen molar-refractivity contribution in [1.29, 1.82) is 0 Å². The molecular formula is C15H18O2. The third-order valence-electron chi connectivity index (χ3n) is 3.25. The average Bonchev–Trinajstić information content (AvgIpc) is 2.40. The fourth-order valence-electron chi connectivity index (χ4n) is 2.39. The van der Waals surface area contributed by atoms with Gasteiger partial charge < -0.3 is 4.74 Å². The Balaban J connectivity index is 2.19. The number of benzene rings is 1. The normalized spacial score (nSPS) is 23.4. The predicted molar refractivity (Wildman–Crippen MR) is 67.7 cm³/mol. The molecule has 2 atom stereocenters. The molecule has 1 aromatic carbocycles. The fourth-order valence-corrected chi connectivity index (χ4v) is 2.39. The van der Waals surface area contributed by atoms with Crippen LogP contribution < -0.4 is 0 Å². The molecule has 0 aromatic heterocycles. The third kappa shape index (κ3) is 2.76. The highest BCUT2D eigenvalue weighted by Crippen LogP contribution is 2.35. The zero-order chi connectivity index (χ0) is 12.1. The van der Waals surface area contributed by atoms with Crippen LogP contribution in [-0.2, 0) is 9.53 Å². The molecule has 0 heterocycles. The molecular weight excluding hydrogens is 212 g/mol. The van der Waals surface area contributed by atoms with Crippen LogP contribution in [0.2, 0.25) is 0 Å². The summed E-state index contributed by atoms with van der Waals surface area (Å²) in [5.41, 5.74) is 1.23. The summed E-state index contributed by atoms with van der Waals surface area (Å²) in [6.45, 7) is 2.31. The minimum Gasteiger partial charge on any atom is -0.466 e. The molecule has 0 N–H and O–H groups in total. The first-order valence-corrected chi connectivity index (χ1v) is 6.19. The number of esters is 1. The summed E-state index contributed by atoms with van der Waals surface area (Å²) >= 11 is 0. The van der Waals surface area contributed by atoms with Gasteiger partial charge in [-0.1, -0.05) is 42.5 Å². The smallest absolute Gasteiger partial charge is 0.309 e. The molecule has 0 aliphatic heterocycles. The van der Waals surface area contributed by atoms with Crippen LogP contribution in [0.25, 0.3) is 0 Å². The first kappa shape index (κ1) is 11.9. The molecule has 17 heavy (non-hydrogen) atoms. The molecule has 90 valence electrons. The quantitative estimate of drug-likeness (QED) is 0.588. The fraction of sp³-hybridized carbons (Fsp3) is 0.400. The van der Waals surface area contributed by atoms with Gasteiger partial charge in [-0.25, -0.2) is 0 Å². The summed E-state index contributed by atoms with van der Waals surface area (Å²) < 4.78 is 5.16. The lowest BCUT2D eigenvalue weighted by molar-refractivity contribution is -0.148. The van der Waals surface area contributed by atoms with Crippen molar-refractivity contribution < 1.29 is 9.53 Å². The molecule has 0 bridgehead atoms. The molecule has 2 heteroatoms. The molecule has 0 spiro atoms. The summed E-state index contributed by atoms with van der Waals surface area (Å²) in [5.74, 6) is 0.174. The summed E-state index contributed by atoms with van der Waals surface area (Å²) in [7, 11) is 0. The van der Waals surface area contributed by atoms with Crippen molar-refractivity contribution in [2.45, 2.75) is 25.7 Å². The van der Waals surface area contributed by atoms with Gasteiger partial charge in [0.25, 0.3) is 0 Å². The Morgan fingerprint density at radius 2 is 1.94 bits per heavy atom. The number of hydrogen-bond donors (Lipinski definition) is 0. The molecule has 0 unspecified atom stereocenters. The van der Waals surface area contributed by atoms with Crippen LogP contribution in [0.4, 0.5) is 0 Å². The Labute approximate surface area is 102 Å². The Morgan fingerprint density at radius 3 is 2.65 bits per heavy atom. The van der Waals surface area contributed by atoms with Crippen LogP contribution in [0.15, 0.2) is 42.5 Å². The second-order valence-corrected chi connectivity index (χ2v) is 4.32. The van der Waals surface area contributed by atoms with E-state index in [-0.39, 0.29) is 17.8 Å². The van der Waals surface area contributed by atoms with E-state index < -0.39 is 0 Å². The Bertz CT molecular complexity index is 395. The van der Waals surface area contributed by atoms with Gasteiger partial charge in [0.2, 0.25) is 0 Å². The molecule has 1 aromatic rings. The first-order chi connectivity index (χ1) is 8.33. The van der Waals surface area contributed by atoms with Crippen LogP contribution in [0.5, 0.6) is 0 Å². The van der Waals surface area contributed by atoms with Crippen molar-refractivity contribution >= 4 is 5.97 Å². The van der Waals surface area contributed by atoms with Crippen molar-refractivity contribution in [2.75, 3.05) is 6.61 Å². The first-order valence-electron chi connectivity index (χ1n) is 6.19. The topological polar surface area (TPSA) is 26.3 Å². The van der Waals surface area contributed by atoms with E-state index in [1.54, 1.807) is 0 Å². The predicted octanol–water partition coefficient (Wildman–Crippen LogP) is 3.30. The maximum absolute atomic E-state index is 11.9. The van der Waals surface area contributed by atoms with Crippen LogP contribution >= 0.6 is 0 Å². The Hall–Kier alpha value is -1.57. The third-order valence-corrected chi connectivity index (χ3v) is 3.25. The largest absolute Gasteiger partial charge is 0.466 e. The minimum atomic E-state index is -0.0642. The van der Waals surface area contributed by atoms with Crippen molar-refractivity contribution in [2.24, 2.45) is 5.92 Å². The zero-order valence-corrected chi connectivity index (χ0v) is 10.1. The van der Waals surface area contributed by atoms with E-state index in [9.17, 15) is 4.79 Å². The number of ether oxygens (including phenoxy) is 1. The van der Waals surface area contributed by atoms with Gasteiger partial charge in [0.1, 0.15) is 0 Å². The molecule has 0 amide bonds. The molecule has 0 fully saturated rings. The molecule has 2 rings (SSSR count). The minimum absolute atomic E-state index is 0.0256. The summed E-state index contributed by atoms with van der Waals surface area (Å²) in [5, 5.41) is 0. The van der Waals surface area contributed by atoms with Gasteiger partial charge >= 0.3 is 5.97 Å². The highest BCUT2D eigenvalue weighted by atomic mass is 16.5. The molecule has 1 aliphatic rings. The monoisotopic (exact) mass is 230 g/mol. The van der Waals surface area contributed by atoms with E-state index in [1.165, 1.54) is 5.56 Å². The standard InChI is InChI=1S/C15H18O2/c1-2-17-15(16)14-11-7-6-10-13(14)12-8-4-3-5-9-12/h3-9,13-14H,2,10-11H2,1H3/t13-,14+/m1/s1. The van der Waals surface area contributed by atoms with Crippen LogP contribution in [0, 0.1) is 5.92 Å². The van der Waals surface area contributed by atoms with Gasteiger partial charge in [-0.15, -0.1) is 0 Å². The highest BCUT2D eigenvalue weighted by Gasteiger charge is 2.30. The lowest BCUT2D eigenvalue weighted by atomic mass is 9.78. The average molecular weight is 230 g/mol. The number of carbonyl (C=O) groups excluding carboxylic acids is 1. The van der Waals surface area contributed by atoms with Gasteiger partial charge in [-0.3, -0.25) is 4.79 Å². The summed E-state index contributed by atoms with van der Waals surface area (Å²) in [6, 6.07) is 10.2. The number of carbonyl (C=O) groups is 1. The van der Waals surface area contributed by atoms with E-state index in [2.05, 4.69) is 24.3 Å². The molecule has 0 radical (unpaired) electrons. The van der Waals surface area contributed by atoms with E-state index in [0.29, 0.717) is 6.61 Å². The number of hydrogen-bond acceptors (Lipinski definition) is 2. The zero-order valence-electron chi connectivity index (χ0n) is 10.1. The SMILES string of the molecule is CCOC(=O)[C@H]1CC=CC[C@@H]1c1ccccc1. The van der Waals surface area contributed by atoms with Gasteiger partial charge in [0, 0.05) is 5.92 Å². The second kappa shape index (κ2) is 5.67. The van der Waals surface area contributed by atoms with Crippen molar-refractivity contribution in [3.8, 4) is 0 Å². The molecule has 0 saturated heterocycles. The lowest BCUT2D eigenvalue weighted by Gasteiger charge is -2.27. The molecule has 0 saturated carbocycles. The molecule has 2 nitrogen and oxygen atoms in total. The van der Waals surface area contributed by atoms with Crippen LogP contribution in [0.3, 0.4) is 0 Å². The molecule has 1 aliphatic carbocycles. The van der Waals surface area contributed by atoms with Crippen molar-refractivity contribution in [1.82, 2.24) is 0 Å². The van der Waals surface area contributed by atoms with Gasteiger partial charge in [0.15, 0.2) is 0 Å². The maximum atomic E-state index is 11.9. The second-order valence-electron chi connectivity index (χ2n) is 4.32. The van der Waals surface area contributed by atoms with Crippen LogP contribution in [-0.4, -0.2) is 12.6 Å². The van der Waals surface area contributed by atoms with E-state index in [1.807, 2.05) is 25.1 Å². The van der Waals surface area contributed by atoms with E-state index in [0.717, 1.165) is 12.8 Å². The summed E-state index contributed by atoms with van der Waals surface area (Å²) in [6.07, 6.45) is 5.96. The van der Waals surface area contributed by atoms with Gasteiger partial charge in [-0.05, 0) is 25.3 Å². The van der Waals surface area contributed by atoms with Gasteiger partial charge in [0.05, 0.1) is 12.5 Å². The number of allylic oxidation sites excluding steroid dienone is 2. The van der Waals surface area contributed by atoms with Crippen LogP contribution in [0.1, 0.15) is 31.2 Å². The summed E-state index contributed by atoms with van der Waals surface area (Å²) in [4.78, 5) is 11.9. The Kier molecular flexibility index (Phi) is 3.97. The number of rotatable bonds is 3. The Morgan fingerprint density at radius 1 is 1.24 bits per heavy atom. The lowest BCUT2D eigenvalue weighted by Crippen LogP contribution is -2.25. The van der Waals surface area contributed by atoms with Crippen molar-refractivity contribution in [3.05, 3.63) is 48.0 Å². The van der Waals surface area contributed by atoms with E-state index >= 15 is 0 Å². The highest BCUT2D eigenvalue weighted by molar-refractivity contribution is 5.74. The van der Waals surface area contributed by atoms with E-state index in [4.69, 9.17) is 4.74 Å².